The highest BCUT2D eigenvalue weighted by molar-refractivity contribution is 5.39. The first kappa shape index (κ1) is 15.4. The Bertz CT molecular complexity index is 410. The molecule has 1 aromatic rings. The fourth-order valence-corrected chi connectivity index (χ4v) is 2.93. The van der Waals surface area contributed by atoms with Crippen molar-refractivity contribution in [2.24, 2.45) is 0 Å². The smallest absolute Gasteiger partial charge is 0.124 e. The summed E-state index contributed by atoms with van der Waals surface area (Å²) in [4.78, 5) is 0. The van der Waals surface area contributed by atoms with E-state index in [0.29, 0.717) is 12.1 Å². The van der Waals surface area contributed by atoms with Crippen molar-refractivity contribution in [1.82, 2.24) is 5.32 Å². The molecule has 1 aliphatic rings. The highest BCUT2D eigenvalue weighted by atomic mass is 16.5. The predicted octanol–water partition coefficient (Wildman–Crippen LogP) is 4.77. The Morgan fingerprint density at radius 1 is 1.25 bits per heavy atom. The van der Waals surface area contributed by atoms with Crippen LogP contribution in [0.15, 0.2) is 18.2 Å². The second-order valence-corrected chi connectivity index (χ2v) is 6.09. The molecule has 2 nitrogen and oxygen atoms in total. The molecule has 0 saturated heterocycles. The lowest BCUT2D eigenvalue weighted by atomic mass is 9.97. The zero-order chi connectivity index (χ0) is 14.4. The summed E-state index contributed by atoms with van der Waals surface area (Å²) in [5.41, 5.74) is 2.58. The number of hydrogen-bond donors (Lipinski definition) is 1. The van der Waals surface area contributed by atoms with E-state index >= 15 is 0 Å². The summed E-state index contributed by atoms with van der Waals surface area (Å²) < 4.78 is 6.33. The molecular formula is C18H29NO. The summed E-state index contributed by atoms with van der Waals surface area (Å²) in [5, 5.41) is 3.57. The first-order valence-electron chi connectivity index (χ1n) is 8.21. The van der Waals surface area contributed by atoms with Crippen molar-refractivity contribution < 1.29 is 4.74 Å². The van der Waals surface area contributed by atoms with Crippen LogP contribution in [0, 0.1) is 6.92 Å². The molecule has 0 amide bonds. The van der Waals surface area contributed by atoms with Gasteiger partial charge in [-0.15, -0.1) is 0 Å². The Kier molecular flexibility index (Phi) is 5.90. The van der Waals surface area contributed by atoms with Gasteiger partial charge in [0.2, 0.25) is 0 Å². The first-order chi connectivity index (χ1) is 9.70. The number of aryl methyl sites for hydroxylation is 1. The number of hydrogen-bond acceptors (Lipinski definition) is 2. The number of rotatable bonds is 6. The average molecular weight is 275 g/mol. The van der Waals surface area contributed by atoms with E-state index in [1.54, 1.807) is 0 Å². The van der Waals surface area contributed by atoms with Gasteiger partial charge in [-0.3, -0.25) is 0 Å². The Labute approximate surface area is 123 Å². The Morgan fingerprint density at radius 3 is 2.70 bits per heavy atom. The number of nitrogens with one attached hydrogen (secondary N) is 1. The maximum atomic E-state index is 6.33. The molecule has 1 N–H and O–H groups in total. The molecule has 20 heavy (non-hydrogen) atoms. The van der Waals surface area contributed by atoms with Crippen LogP contribution < -0.4 is 10.1 Å². The second kappa shape index (κ2) is 7.68. The predicted molar refractivity (Wildman–Crippen MR) is 85.4 cm³/mol. The van der Waals surface area contributed by atoms with Crippen molar-refractivity contribution in [3.63, 3.8) is 0 Å². The van der Waals surface area contributed by atoms with Crippen LogP contribution in [-0.2, 0) is 0 Å². The molecule has 1 aliphatic carbocycles. The molecule has 0 spiro atoms. The lowest BCUT2D eigenvalue weighted by Gasteiger charge is -2.26. The summed E-state index contributed by atoms with van der Waals surface area (Å²) in [6.45, 7) is 7.63. The highest BCUT2D eigenvalue weighted by Gasteiger charge is 2.18. The van der Waals surface area contributed by atoms with Crippen LogP contribution in [-0.4, -0.2) is 12.6 Å². The maximum absolute atomic E-state index is 6.33. The molecule has 1 unspecified atom stereocenters. The van der Waals surface area contributed by atoms with Crippen molar-refractivity contribution in [2.45, 2.75) is 71.4 Å². The third-order valence-corrected chi connectivity index (χ3v) is 4.18. The van der Waals surface area contributed by atoms with Gasteiger partial charge in [-0.2, -0.15) is 0 Å². The molecule has 1 saturated carbocycles. The van der Waals surface area contributed by atoms with Gasteiger partial charge in [-0.25, -0.2) is 0 Å². The van der Waals surface area contributed by atoms with Gasteiger partial charge in [0.15, 0.2) is 0 Å². The highest BCUT2D eigenvalue weighted by Crippen LogP contribution is 2.30. The lowest BCUT2D eigenvalue weighted by Crippen LogP contribution is -2.23. The van der Waals surface area contributed by atoms with Crippen LogP contribution in [0.2, 0.25) is 0 Å². The van der Waals surface area contributed by atoms with Crippen LogP contribution in [0.4, 0.5) is 0 Å². The molecule has 112 valence electrons. The first-order valence-corrected chi connectivity index (χ1v) is 8.21. The monoisotopic (exact) mass is 275 g/mol. The van der Waals surface area contributed by atoms with Crippen molar-refractivity contribution in [3.05, 3.63) is 29.3 Å². The van der Waals surface area contributed by atoms with Crippen LogP contribution in [0.3, 0.4) is 0 Å². The van der Waals surface area contributed by atoms with Crippen LogP contribution >= 0.6 is 0 Å². The average Bonchev–Trinajstić information content (AvgIpc) is 2.46. The Hall–Kier alpha value is -1.02. The minimum Gasteiger partial charge on any atom is -0.490 e. The molecule has 0 aliphatic heterocycles. The van der Waals surface area contributed by atoms with E-state index in [2.05, 4.69) is 44.3 Å². The molecule has 0 radical (unpaired) electrons. The third kappa shape index (κ3) is 4.24. The standard InChI is InChI=1S/C18H29NO/c1-4-12-19-15(3)17-11-10-14(2)13-18(17)20-16-8-6-5-7-9-16/h10-11,13,15-16,19H,4-9,12H2,1-3H3. The van der Waals surface area contributed by atoms with E-state index in [9.17, 15) is 0 Å². The van der Waals surface area contributed by atoms with E-state index in [0.717, 1.165) is 18.7 Å². The van der Waals surface area contributed by atoms with Crippen molar-refractivity contribution in [3.8, 4) is 5.75 Å². The zero-order valence-electron chi connectivity index (χ0n) is 13.2. The minimum absolute atomic E-state index is 0.356. The largest absolute Gasteiger partial charge is 0.490 e. The van der Waals surface area contributed by atoms with Gasteiger partial charge in [0.25, 0.3) is 0 Å². The zero-order valence-corrected chi connectivity index (χ0v) is 13.2. The quantitative estimate of drug-likeness (QED) is 0.807. The molecule has 1 fully saturated rings. The molecule has 0 aromatic heterocycles. The summed E-state index contributed by atoms with van der Waals surface area (Å²) in [6.07, 6.45) is 8.01. The molecular weight excluding hydrogens is 246 g/mol. The van der Waals surface area contributed by atoms with E-state index in [1.807, 2.05) is 0 Å². The summed E-state index contributed by atoms with van der Waals surface area (Å²) in [5.74, 6) is 1.09. The van der Waals surface area contributed by atoms with E-state index < -0.39 is 0 Å². The molecule has 1 aromatic carbocycles. The summed E-state index contributed by atoms with van der Waals surface area (Å²) in [7, 11) is 0. The molecule has 0 bridgehead atoms. The van der Waals surface area contributed by atoms with E-state index in [4.69, 9.17) is 4.74 Å². The normalized spacial score (nSPS) is 17.9. The molecule has 1 atom stereocenters. The van der Waals surface area contributed by atoms with E-state index in [1.165, 1.54) is 43.2 Å². The summed E-state index contributed by atoms with van der Waals surface area (Å²) >= 11 is 0. The van der Waals surface area contributed by atoms with Crippen molar-refractivity contribution in [1.29, 1.82) is 0 Å². The molecule has 2 rings (SSSR count). The second-order valence-electron chi connectivity index (χ2n) is 6.09. The van der Waals surface area contributed by atoms with Crippen molar-refractivity contribution in [2.75, 3.05) is 6.54 Å². The Morgan fingerprint density at radius 2 is 2.00 bits per heavy atom. The van der Waals surface area contributed by atoms with Crippen LogP contribution in [0.5, 0.6) is 5.75 Å². The van der Waals surface area contributed by atoms with Crippen LogP contribution in [0.1, 0.15) is 69.5 Å². The van der Waals surface area contributed by atoms with Gasteiger partial charge in [-0.05, 0) is 64.1 Å². The van der Waals surface area contributed by atoms with Gasteiger partial charge in [0, 0.05) is 11.6 Å². The van der Waals surface area contributed by atoms with Crippen molar-refractivity contribution >= 4 is 0 Å². The molecule has 2 heteroatoms. The SMILES string of the molecule is CCCNC(C)c1ccc(C)cc1OC1CCCCC1. The fraction of sp³-hybridized carbons (Fsp3) is 0.667. The molecule has 0 heterocycles. The lowest BCUT2D eigenvalue weighted by molar-refractivity contribution is 0.152. The van der Waals surface area contributed by atoms with Crippen LogP contribution in [0.25, 0.3) is 0 Å². The van der Waals surface area contributed by atoms with Gasteiger partial charge in [-0.1, -0.05) is 25.5 Å². The van der Waals surface area contributed by atoms with Gasteiger partial charge >= 0.3 is 0 Å². The fourth-order valence-electron chi connectivity index (χ4n) is 2.93. The Balaban J connectivity index is 2.10. The third-order valence-electron chi connectivity index (χ3n) is 4.18. The maximum Gasteiger partial charge on any atom is 0.124 e. The van der Waals surface area contributed by atoms with Gasteiger partial charge < -0.3 is 10.1 Å². The van der Waals surface area contributed by atoms with Gasteiger partial charge in [0.1, 0.15) is 5.75 Å². The van der Waals surface area contributed by atoms with E-state index in [-0.39, 0.29) is 0 Å². The topological polar surface area (TPSA) is 21.3 Å². The minimum atomic E-state index is 0.356. The number of ether oxygens (including phenoxy) is 1. The summed E-state index contributed by atoms with van der Waals surface area (Å²) in [6, 6.07) is 6.97. The van der Waals surface area contributed by atoms with Gasteiger partial charge in [0.05, 0.1) is 6.10 Å². The number of benzene rings is 1.